The lowest BCUT2D eigenvalue weighted by Crippen LogP contribution is -1.93. The Bertz CT molecular complexity index is 514. The molecule has 1 aromatic rings. The fraction of sp³-hybridized carbons (Fsp3) is 0. The van der Waals surface area contributed by atoms with Crippen molar-refractivity contribution in [2.75, 3.05) is 0 Å². The van der Waals surface area contributed by atoms with E-state index < -0.39 is 10.9 Å². The minimum atomic E-state index is -1.27. The van der Waals surface area contributed by atoms with Gasteiger partial charge >= 0.3 is 5.97 Å². The van der Waals surface area contributed by atoms with Gasteiger partial charge in [-0.1, -0.05) is 12.1 Å². The first kappa shape index (κ1) is 11.4. The average Bonchev–Trinajstić information content (AvgIpc) is 2.25. The molecule has 0 aliphatic heterocycles. The van der Waals surface area contributed by atoms with E-state index in [1.54, 1.807) is 6.07 Å². The molecule has 0 aromatic heterocycles. The molecule has 0 aliphatic rings. The largest absolute Gasteiger partial charge is 0.478 e. The second-order valence-electron chi connectivity index (χ2n) is 2.82. The van der Waals surface area contributed by atoms with Gasteiger partial charge in [0.25, 0.3) is 5.69 Å². The second kappa shape index (κ2) is 4.70. The van der Waals surface area contributed by atoms with Crippen molar-refractivity contribution in [2.45, 2.75) is 0 Å². The van der Waals surface area contributed by atoms with Crippen LogP contribution in [-0.4, -0.2) is 16.0 Å². The number of carboxylic acid groups (broad SMARTS) is 1. The topological polar surface area (TPSA) is 104 Å². The van der Waals surface area contributed by atoms with Gasteiger partial charge < -0.3 is 5.11 Å². The lowest BCUT2D eigenvalue weighted by atomic mass is 10.1. The Morgan fingerprint density at radius 3 is 2.75 bits per heavy atom. The highest BCUT2D eigenvalue weighted by Crippen LogP contribution is 2.19. The third-order valence-corrected chi connectivity index (χ3v) is 1.76. The highest BCUT2D eigenvalue weighted by Gasteiger charge is 2.09. The molecule has 1 N–H and O–H groups in total. The number of carboxylic acids is 1. The number of hydrogen-bond acceptors (Lipinski definition) is 4. The van der Waals surface area contributed by atoms with Crippen molar-refractivity contribution in [3.63, 3.8) is 0 Å². The predicted octanol–water partition coefficient (Wildman–Crippen LogP) is 1.59. The summed E-state index contributed by atoms with van der Waals surface area (Å²) < 4.78 is 0. The maximum Gasteiger partial charge on any atom is 0.329 e. The van der Waals surface area contributed by atoms with Crippen molar-refractivity contribution in [3.8, 4) is 6.07 Å². The molecule has 0 fully saturated rings. The molecule has 0 radical (unpaired) electrons. The molecule has 0 unspecified atom stereocenters. The van der Waals surface area contributed by atoms with E-state index in [-0.39, 0.29) is 16.8 Å². The van der Waals surface area contributed by atoms with E-state index in [2.05, 4.69) is 0 Å². The molecule has 0 aliphatic carbocycles. The SMILES string of the molecule is N#CC(=CC(=O)O)c1cccc([N+](=O)[O-])c1. The van der Waals surface area contributed by atoms with Crippen molar-refractivity contribution < 1.29 is 14.8 Å². The third kappa shape index (κ3) is 2.65. The number of nitriles is 1. The van der Waals surface area contributed by atoms with Crippen LogP contribution in [0.1, 0.15) is 5.56 Å². The van der Waals surface area contributed by atoms with E-state index in [0.29, 0.717) is 6.08 Å². The molecule has 0 amide bonds. The van der Waals surface area contributed by atoms with Gasteiger partial charge in [0, 0.05) is 18.2 Å². The molecule has 0 bridgehead atoms. The van der Waals surface area contributed by atoms with Crippen molar-refractivity contribution in [1.82, 2.24) is 0 Å². The van der Waals surface area contributed by atoms with Gasteiger partial charge in [-0.3, -0.25) is 10.1 Å². The Balaban J connectivity index is 3.23. The van der Waals surface area contributed by atoms with Crippen LogP contribution in [0.3, 0.4) is 0 Å². The molecule has 16 heavy (non-hydrogen) atoms. The van der Waals surface area contributed by atoms with Gasteiger partial charge in [0.05, 0.1) is 10.5 Å². The van der Waals surface area contributed by atoms with Gasteiger partial charge in [0.1, 0.15) is 6.07 Å². The summed E-state index contributed by atoms with van der Waals surface area (Å²) in [7, 11) is 0. The Kier molecular flexibility index (Phi) is 3.35. The summed E-state index contributed by atoms with van der Waals surface area (Å²) in [6.07, 6.45) is 0.707. The summed E-state index contributed by atoms with van der Waals surface area (Å²) in [5.74, 6) is -1.27. The summed E-state index contributed by atoms with van der Waals surface area (Å²) in [6.45, 7) is 0. The van der Waals surface area contributed by atoms with Crippen LogP contribution in [0.15, 0.2) is 30.3 Å². The van der Waals surface area contributed by atoms with Crippen LogP contribution in [0.5, 0.6) is 0 Å². The van der Waals surface area contributed by atoms with Crippen LogP contribution in [0, 0.1) is 21.4 Å². The molecular weight excluding hydrogens is 212 g/mol. The number of nitrogens with zero attached hydrogens (tertiary/aromatic N) is 2. The van der Waals surface area contributed by atoms with Crippen molar-refractivity contribution >= 4 is 17.2 Å². The van der Waals surface area contributed by atoms with Crippen LogP contribution in [0.25, 0.3) is 5.57 Å². The van der Waals surface area contributed by atoms with Crippen LogP contribution >= 0.6 is 0 Å². The van der Waals surface area contributed by atoms with Crippen LogP contribution < -0.4 is 0 Å². The highest BCUT2D eigenvalue weighted by molar-refractivity contribution is 5.94. The molecular formula is C10H6N2O4. The maximum absolute atomic E-state index is 10.5. The Hall–Kier alpha value is -2.68. The monoisotopic (exact) mass is 218 g/mol. The van der Waals surface area contributed by atoms with Gasteiger partial charge in [0.15, 0.2) is 0 Å². The Labute approximate surface area is 90.2 Å². The molecule has 6 heteroatoms. The number of aliphatic carboxylic acids is 1. The van der Waals surface area contributed by atoms with Gasteiger partial charge in [-0.25, -0.2) is 4.79 Å². The van der Waals surface area contributed by atoms with Gasteiger partial charge in [-0.2, -0.15) is 5.26 Å². The molecule has 0 heterocycles. The summed E-state index contributed by atoms with van der Waals surface area (Å²) in [4.78, 5) is 20.3. The van der Waals surface area contributed by atoms with E-state index in [0.717, 1.165) is 6.07 Å². The number of nitro benzene ring substituents is 1. The zero-order valence-electron chi connectivity index (χ0n) is 7.95. The van der Waals surface area contributed by atoms with E-state index in [1.165, 1.54) is 18.2 Å². The van der Waals surface area contributed by atoms with Gasteiger partial charge in [-0.15, -0.1) is 0 Å². The van der Waals surface area contributed by atoms with E-state index in [4.69, 9.17) is 10.4 Å². The summed E-state index contributed by atoms with van der Waals surface area (Å²) >= 11 is 0. The number of rotatable bonds is 3. The van der Waals surface area contributed by atoms with E-state index >= 15 is 0 Å². The molecule has 0 atom stereocenters. The first-order valence-corrected chi connectivity index (χ1v) is 4.14. The Morgan fingerprint density at radius 2 is 2.25 bits per heavy atom. The Morgan fingerprint density at radius 1 is 1.56 bits per heavy atom. The molecule has 1 rings (SSSR count). The highest BCUT2D eigenvalue weighted by atomic mass is 16.6. The molecule has 0 saturated carbocycles. The smallest absolute Gasteiger partial charge is 0.329 e. The number of allylic oxidation sites excluding steroid dienone is 1. The number of nitro groups is 1. The normalized spacial score (nSPS) is 10.6. The number of non-ortho nitro benzene ring substituents is 1. The van der Waals surface area contributed by atoms with Crippen molar-refractivity contribution in [3.05, 3.63) is 46.0 Å². The molecule has 1 aromatic carbocycles. The second-order valence-corrected chi connectivity index (χ2v) is 2.82. The lowest BCUT2D eigenvalue weighted by molar-refractivity contribution is -0.384. The molecule has 6 nitrogen and oxygen atoms in total. The fourth-order valence-corrected chi connectivity index (χ4v) is 1.09. The van der Waals surface area contributed by atoms with E-state index in [1.807, 2.05) is 0 Å². The van der Waals surface area contributed by atoms with Crippen LogP contribution in [-0.2, 0) is 4.79 Å². The lowest BCUT2D eigenvalue weighted by Gasteiger charge is -1.97. The van der Waals surface area contributed by atoms with Crippen LogP contribution in [0.2, 0.25) is 0 Å². The first-order chi connectivity index (χ1) is 7.54. The van der Waals surface area contributed by atoms with Gasteiger partial charge in [-0.05, 0) is 5.56 Å². The number of benzene rings is 1. The third-order valence-electron chi connectivity index (χ3n) is 1.76. The van der Waals surface area contributed by atoms with E-state index in [9.17, 15) is 14.9 Å². The zero-order valence-corrected chi connectivity index (χ0v) is 7.95. The number of hydrogen-bond donors (Lipinski definition) is 1. The van der Waals surface area contributed by atoms with Crippen molar-refractivity contribution in [1.29, 1.82) is 5.26 Å². The summed E-state index contributed by atoms with van der Waals surface area (Å²) in [5, 5.41) is 27.7. The quantitative estimate of drug-likeness (QED) is 0.359. The maximum atomic E-state index is 10.5. The van der Waals surface area contributed by atoms with Crippen LogP contribution in [0.4, 0.5) is 5.69 Å². The molecule has 80 valence electrons. The average molecular weight is 218 g/mol. The molecule has 0 spiro atoms. The minimum Gasteiger partial charge on any atom is -0.478 e. The first-order valence-electron chi connectivity index (χ1n) is 4.14. The van der Waals surface area contributed by atoms with Crippen molar-refractivity contribution in [2.24, 2.45) is 0 Å². The number of carbonyl (C=O) groups is 1. The molecule has 0 saturated heterocycles. The van der Waals surface area contributed by atoms with Gasteiger partial charge in [0.2, 0.25) is 0 Å². The zero-order chi connectivity index (χ0) is 12.1. The summed E-state index contributed by atoms with van der Waals surface area (Å²) in [5.41, 5.74) is -0.112. The summed E-state index contributed by atoms with van der Waals surface area (Å²) in [6, 6.07) is 6.91. The minimum absolute atomic E-state index is 0.129. The predicted molar refractivity (Wildman–Crippen MR) is 54.3 cm³/mol. The standard InChI is InChI=1S/C10H6N2O4/c11-6-8(5-10(13)14)7-2-1-3-9(4-7)12(15)16/h1-5H,(H,13,14). The fourth-order valence-electron chi connectivity index (χ4n) is 1.09.